The van der Waals surface area contributed by atoms with Crippen LogP contribution in [0, 0.1) is 0 Å². The minimum absolute atomic E-state index is 0.114. The fourth-order valence-corrected chi connectivity index (χ4v) is 1.34. The predicted octanol–water partition coefficient (Wildman–Crippen LogP) is 1.93. The van der Waals surface area contributed by atoms with Gasteiger partial charge in [-0.3, -0.25) is 0 Å². The second kappa shape index (κ2) is 4.67. The van der Waals surface area contributed by atoms with Crippen molar-refractivity contribution in [2.24, 2.45) is 0 Å². The Bertz CT molecular complexity index is 637. The summed E-state index contributed by atoms with van der Waals surface area (Å²) in [7, 11) is 0. The first kappa shape index (κ1) is 11.8. The van der Waals surface area contributed by atoms with Gasteiger partial charge in [-0.05, 0) is 23.8 Å². The van der Waals surface area contributed by atoms with Crippen LogP contribution in [0.2, 0.25) is 0 Å². The van der Waals surface area contributed by atoms with E-state index < -0.39 is 17.1 Å². The van der Waals surface area contributed by atoms with Gasteiger partial charge in [-0.2, -0.15) is 0 Å². The maximum atomic E-state index is 11.1. The SMILES string of the molecule is O=c1oc(C=Cc2ccc(O)cc2)cc(O)c1O. The van der Waals surface area contributed by atoms with Crippen molar-refractivity contribution in [2.45, 2.75) is 0 Å². The van der Waals surface area contributed by atoms with Crippen molar-refractivity contribution in [1.29, 1.82) is 0 Å². The number of phenolic OH excluding ortho intramolecular Hbond substituents is 1. The van der Waals surface area contributed by atoms with Crippen molar-refractivity contribution in [3.63, 3.8) is 0 Å². The van der Waals surface area contributed by atoms with Crippen LogP contribution in [-0.4, -0.2) is 15.3 Å². The fourth-order valence-electron chi connectivity index (χ4n) is 1.34. The zero-order chi connectivity index (χ0) is 13.1. The summed E-state index contributed by atoms with van der Waals surface area (Å²) in [5.74, 6) is -1.07. The maximum absolute atomic E-state index is 11.1. The lowest BCUT2D eigenvalue weighted by Crippen LogP contribution is -1.98. The topological polar surface area (TPSA) is 90.9 Å². The Kier molecular flexibility index (Phi) is 3.05. The van der Waals surface area contributed by atoms with E-state index >= 15 is 0 Å². The maximum Gasteiger partial charge on any atom is 0.382 e. The highest BCUT2D eigenvalue weighted by molar-refractivity contribution is 5.68. The van der Waals surface area contributed by atoms with Crippen molar-refractivity contribution in [3.8, 4) is 17.2 Å². The summed E-state index contributed by atoms with van der Waals surface area (Å²) in [5.41, 5.74) is -0.219. The Labute approximate surface area is 102 Å². The highest BCUT2D eigenvalue weighted by atomic mass is 16.4. The van der Waals surface area contributed by atoms with Gasteiger partial charge in [-0.1, -0.05) is 18.2 Å². The normalized spacial score (nSPS) is 10.9. The summed E-state index contributed by atoms with van der Waals surface area (Å²) in [6, 6.07) is 7.51. The molecule has 0 aliphatic rings. The molecule has 0 fully saturated rings. The second-order valence-electron chi connectivity index (χ2n) is 3.59. The molecule has 1 heterocycles. The molecule has 92 valence electrons. The van der Waals surface area contributed by atoms with Crippen LogP contribution in [0.25, 0.3) is 12.2 Å². The molecule has 18 heavy (non-hydrogen) atoms. The molecule has 0 bridgehead atoms. The van der Waals surface area contributed by atoms with E-state index in [0.717, 1.165) is 11.6 Å². The lowest BCUT2D eigenvalue weighted by molar-refractivity contribution is 0.362. The highest BCUT2D eigenvalue weighted by Crippen LogP contribution is 2.21. The zero-order valence-electron chi connectivity index (χ0n) is 9.20. The van der Waals surface area contributed by atoms with Crippen molar-refractivity contribution in [2.75, 3.05) is 0 Å². The number of hydrogen-bond donors (Lipinski definition) is 3. The number of rotatable bonds is 2. The standard InChI is InChI=1S/C13H10O5/c14-9-4-1-8(2-5-9)3-6-10-7-11(15)12(16)13(17)18-10/h1-7,14-16H. The first-order valence-corrected chi connectivity index (χ1v) is 5.09. The molecule has 0 radical (unpaired) electrons. The number of aromatic hydroxyl groups is 3. The van der Waals surface area contributed by atoms with E-state index in [2.05, 4.69) is 0 Å². The number of hydrogen-bond acceptors (Lipinski definition) is 5. The van der Waals surface area contributed by atoms with E-state index in [1.54, 1.807) is 18.2 Å². The molecule has 0 spiro atoms. The Balaban J connectivity index is 2.29. The summed E-state index contributed by atoms with van der Waals surface area (Å²) in [5, 5.41) is 27.4. The predicted molar refractivity (Wildman–Crippen MR) is 65.3 cm³/mol. The van der Waals surface area contributed by atoms with Crippen LogP contribution in [0.4, 0.5) is 0 Å². The summed E-state index contributed by atoms with van der Waals surface area (Å²) >= 11 is 0. The number of phenols is 1. The van der Waals surface area contributed by atoms with E-state index in [9.17, 15) is 9.90 Å². The number of benzene rings is 1. The molecule has 0 aliphatic heterocycles. The van der Waals surface area contributed by atoms with Crippen molar-refractivity contribution in [3.05, 3.63) is 52.1 Å². The van der Waals surface area contributed by atoms with Gasteiger partial charge in [0.05, 0.1) is 0 Å². The van der Waals surface area contributed by atoms with Crippen LogP contribution in [0.3, 0.4) is 0 Å². The quantitative estimate of drug-likeness (QED) is 0.753. The Hall–Kier alpha value is -2.69. The van der Waals surface area contributed by atoms with Gasteiger partial charge in [0, 0.05) is 6.07 Å². The fraction of sp³-hybridized carbons (Fsp3) is 0. The average Bonchev–Trinajstić information content (AvgIpc) is 2.35. The molecular weight excluding hydrogens is 236 g/mol. The van der Waals surface area contributed by atoms with Gasteiger partial charge in [-0.15, -0.1) is 0 Å². The van der Waals surface area contributed by atoms with Crippen LogP contribution >= 0.6 is 0 Å². The largest absolute Gasteiger partial charge is 0.508 e. The van der Waals surface area contributed by atoms with Gasteiger partial charge in [0.15, 0.2) is 5.75 Å². The van der Waals surface area contributed by atoms with E-state index in [4.69, 9.17) is 14.6 Å². The molecule has 0 unspecified atom stereocenters. The third-order valence-corrected chi connectivity index (χ3v) is 2.26. The molecule has 0 aliphatic carbocycles. The monoisotopic (exact) mass is 246 g/mol. The van der Waals surface area contributed by atoms with Gasteiger partial charge in [0.2, 0.25) is 5.75 Å². The van der Waals surface area contributed by atoms with E-state index in [-0.39, 0.29) is 11.5 Å². The van der Waals surface area contributed by atoms with Gasteiger partial charge in [0.25, 0.3) is 0 Å². The minimum Gasteiger partial charge on any atom is -0.508 e. The zero-order valence-corrected chi connectivity index (χ0v) is 9.20. The van der Waals surface area contributed by atoms with Crippen LogP contribution in [0.5, 0.6) is 17.2 Å². The molecule has 0 amide bonds. The summed E-state index contributed by atoms with van der Waals surface area (Å²) < 4.78 is 4.73. The van der Waals surface area contributed by atoms with Gasteiger partial charge in [0.1, 0.15) is 11.5 Å². The van der Waals surface area contributed by atoms with Gasteiger partial charge in [-0.25, -0.2) is 4.79 Å². The molecule has 5 nitrogen and oxygen atoms in total. The second-order valence-corrected chi connectivity index (χ2v) is 3.59. The molecule has 2 rings (SSSR count). The Morgan fingerprint density at radius 1 is 1.00 bits per heavy atom. The third-order valence-electron chi connectivity index (χ3n) is 2.26. The van der Waals surface area contributed by atoms with Crippen LogP contribution in [-0.2, 0) is 0 Å². The van der Waals surface area contributed by atoms with E-state index in [1.807, 2.05) is 0 Å². The Morgan fingerprint density at radius 2 is 1.67 bits per heavy atom. The van der Waals surface area contributed by atoms with Crippen molar-refractivity contribution < 1.29 is 19.7 Å². The highest BCUT2D eigenvalue weighted by Gasteiger charge is 2.07. The average molecular weight is 246 g/mol. The van der Waals surface area contributed by atoms with Gasteiger partial charge < -0.3 is 19.7 Å². The summed E-state index contributed by atoms with van der Waals surface area (Å²) in [6.07, 6.45) is 3.10. The van der Waals surface area contributed by atoms with Crippen LogP contribution in [0.15, 0.2) is 39.5 Å². The van der Waals surface area contributed by atoms with E-state index in [1.165, 1.54) is 18.2 Å². The molecule has 1 aromatic heterocycles. The van der Waals surface area contributed by atoms with Gasteiger partial charge >= 0.3 is 5.63 Å². The molecule has 2 aromatic rings. The lowest BCUT2D eigenvalue weighted by atomic mass is 10.2. The Morgan fingerprint density at radius 3 is 2.28 bits per heavy atom. The first-order valence-electron chi connectivity index (χ1n) is 5.09. The molecule has 0 atom stereocenters. The molecule has 5 heteroatoms. The molecule has 0 saturated heterocycles. The molecule has 0 saturated carbocycles. The molecule has 1 aromatic carbocycles. The van der Waals surface area contributed by atoms with Crippen molar-refractivity contribution >= 4 is 12.2 Å². The van der Waals surface area contributed by atoms with Crippen molar-refractivity contribution in [1.82, 2.24) is 0 Å². The summed E-state index contributed by atoms with van der Waals surface area (Å²) in [4.78, 5) is 11.1. The minimum atomic E-state index is -1.000. The lowest BCUT2D eigenvalue weighted by Gasteiger charge is -1.97. The third kappa shape index (κ3) is 2.52. The van der Waals surface area contributed by atoms with Crippen LogP contribution in [0.1, 0.15) is 11.3 Å². The summed E-state index contributed by atoms with van der Waals surface area (Å²) in [6.45, 7) is 0. The van der Waals surface area contributed by atoms with E-state index in [0.29, 0.717) is 0 Å². The van der Waals surface area contributed by atoms with Crippen LogP contribution < -0.4 is 5.63 Å². The smallest absolute Gasteiger partial charge is 0.382 e. The first-order chi connectivity index (χ1) is 8.56. The molecular formula is C13H10O5. The molecule has 3 N–H and O–H groups in total.